The Morgan fingerprint density at radius 3 is 2.32 bits per heavy atom. The van der Waals surface area contributed by atoms with Crippen molar-refractivity contribution in [2.75, 3.05) is 5.32 Å². The lowest BCUT2D eigenvalue weighted by atomic mass is 10.1. The number of rotatable bonds is 9. The Kier molecular flexibility index (Phi) is 7.72. The molecule has 19 heavy (non-hydrogen) atoms. The number of anilines is 1. The molecule has 0 radical (unpaired) electrons. The van der Waals surface area contributed by atoms with Crippen molar-refractivity contribution in [1.82, 2.24) is 4.98 Å². The van der Waals surface area contributed by atoms with Gasteiger partial charge in [-0.2, -0.15) is 0 Å². The standard InChI is InChI=1S/C15H26N2OS/c1-4-5-6-7-8-9-10-11-14(18)17-15-16-12(2)13(3)19-15/h4-11H2,1-3H3,(H,16,17,18). The van der Waals surface area contributed by atoms with E-state index in [1.54, 1.807) is 11.3 Å². The van der Waals surface area contributed by atoms with Gasteiger partial charge >= 0.3 is 0 Å². The Labute approximate surface area is 120 Å². The molecule has 0 unspecified atom stereocenters. The predicted octanol–water partition coefficient (Wildman–Crippen LogP) is 4.84. The maximum absolute atomic E-state index is 11.7. The van der Waals surface area contributed by atoms with Gasteiger partial charge < -0.3 is 5.32 Å². The van der Waals surface area contributed by atoms with E-state index in [-0.39, 0.29) is 5.91 Å². The van der Waals surface area contributed by atoms with E-state index in [4.69, 9.17) is 0 Å². The lowest BCUT2D eigenvalue weighted by molar-refractivity contribution is -0.116. The number of unbranched alkanes of at least 4 members (excludes halogenated alkanes) is 6. The van der Waals surface area contributed by atoms with Crippen LogP contribution in [0.25, 0.3) is 0 Å². The van der Waals surface area contributed by atoms with E-state index in [0.717, 1.165) is 23.7 Å². The molecular weight excluding hydrogens is 256 g/mol. The Balaban J connectivity index is 2.08. The first-order valence-corrected chi connectivity index (χ1v) is 8.19. The maximum atomic E-state index is 11.7. The number of nitrogens with one attached hydrogen (secondary N) is 1. The summed E-state index contributed by atoms with van der Waals surface area (Å²) in [7, 11) is 0. The van der Waals surface area contributed by atoms with Gasteiger partial charge in [0, 0.05) is 11.3 Å². The molecule has 0 bridgehead atoms. The van der Waals surface area contributed by atoms with Gasteiger partial charge in [-0.05, 0) is 20.3 Å². The molecule has 0 saturated carbocycles. The molecule has 0 aliphatic heterocycles. The molecule has 0 spiro atoms. The summed E-state index contributed by atoms with van der Waals surface area (Å²) in [5.41, 5.74) is 1.01. The van der Waals surface area contributed by atoms with Crippen LogP contribution in [0.1, 0.15) is 68.9 Å². The van der Waals surface area contributed by atoms with Crippen molar-refractivity contribution in [2.24, 2.45) is 0 Å². The van der Waals surface area contributed by atoms with Crippen LogP contribution in [0.3, 0.4) is 0 Å². The zero-order valence-corrected chi connectivity index (χ0v) is 13.2. The highest BCUT2D eigenvalue weighted by molar-refractivity contribution is 7.15. The monoisotopic (exact) mass is 282 g/mol. The summed E-state index contributed by atoms with van der Waals surface area (Å²) in [4.78, 5) is 17.2. The number of aryl methyl sites for hydroxylation is 2. The molecule has 0 atom stereocenters. The van der Waals surface area contributed by atoms with Crippen molar-refractivity contribution in [1.29, 1.82) is 0 Å². The third-order valence-corrected chi connectivity index (χ3v) is 4.27. The van der Waals surface area contributed by atoms with E-state index < -0.39 is 0 Å². The van der Waals surface area contributed by atoms with E-state index in [1.807, 2.05) is 13.8 Å². The first kappa shape index (κ1) is 16.2. The van der Waals surface area contributed by atoms with Gasteiger partial charge in [-0.1, -0.05) is 45.4 Å². The molecule has 1 N–H and O–H groups in total. The Hall–Kier alpha value is -0.900. The van der Waals surface area contributed by atoms with Crippen LogP contribution in [-0.2, 0) is 4.79 Å². The minimum absolute atomic E-state index is 0.0994. The average molecular weight is 282 g/mol. The molecule has 4 heteroatoms. The van der Waals surface area contributed by atoms with Crippen LogP contribution in [0.2, 0.25) is 0 Å². The highest BCUT2D eigenvalue weighted by Crippen LogP contribution is 2.21. The van der Waals surface area contributed by atoms with Gasteiger partial charge in [0.2, 0.25) is 5.91 Å². The quantitative estimate of drug-likeness (QED) is 0.658. The third-order valence-electron chi connectivity index (χ3n) is 3.28. The summed E-state index contributed by atoms with van der Waals surface area (Å²) < 4.78 is 0. The second-order valence-electron chi connectivity index (χ2n) is 5.08. The highest BCUT2D eigenvalue weighted by Gasteiger charge is 2.07. The number of thiazole rings is 1. The summed E-state index contributed by atoms with van der Waals surface area (Å²) in [5, 5.41) is 3.62. The fourth-order valence-electron chi connectivity index (χ4n) is 1.95. The van der Waals surface area contributed by atoms with E-state index in [0.29, 0.717) is 6.42 Å². The third kappa shape index (κ3) is 6.71. The zero-order chi connectivity index (χ0) is 14.1. The Morgan fingerprint density at radius 1 is 1.11 bits per heavy atom. The molecule has 1 rings (SSSR count). The fourth-order valence-corrected chi connectivity index (χ4v) is 2.78. The van der Waals surface area contributed by atoms with Crippen LogP contribution in [0, 0.1) is 13.8 Å². The fraction of sp³-hybridized carbons (Fsp3) is 0.733. The molecule has 1 aromatic rings. The van der Waals surface area contributed by atoms with Crippen LogP contribution in [0.15, 0.2) is 0 Å². The second-order valence-corrected chi connectivity index (χ2v) is 6.28. The van der Waals surface area contributed by atoms with Crippen molar-refractivity contribution in [3.8, 4) is 0 Å². The Morgan fingerprint density at radius 2 is 1.74 bits per heavy atom. The van der Waals surface area contributed by atoms with Crippen LogP contribution >= 0.6 is 11.3 Å². The van der Waals surface area contributed by atoms with E-state index in [2.05, 4.69) is 17.2 Å². The minimum atomic E-state index is 0.0994. The lowest BCUT2D eigenvalue weighted by Gasteiger charge is -2.02. The average Bonchev–Trinajstić information content (AvgIpc) is 2.67. The molecule has 1 aromatic heterocycles. The molecule has 0 aromatic carbocycles. The first-order valence-electron chi connectivity index (χ1n) is 7.37. The number of hydrogen-bond donors (Lipinski definition) is 1. The molecule has 3 nitrogen and oxygen atoms in total. The van der Waals surface area contributed by atoms with Crippen molar-refractivity contribution < 1.29 is 4.79 Å². The molecule has 1 heterocycles. The van der Waals surface area contributed by atoms with E-state index >= 15 is 0 Å². The SMILES string of the molecule is CCCCCCCCCC(=O)Nc1nc(C)c(C)s1. The summed E-state index contributed by atoms with van der Waals surface area (Å²) in [6, 6.07) is 0. The minimum Gasteiger partial charge on any atom is -0.302 e. The number of hydrogen-bond acceptors (Lipinski definition) is 3. The largest absolute Gasteiger partial charge is 0.302 e. The first-order chi connectivity index (χ1) is 9.13. The molecule has 0 fully saturated rings. The topological polar surface area (TPSA) is 42.0 Å². The summed E-state index contributed by atoms with van der Waals surface area (Å²) >= 11 is 1.55. The number of carbonyl (C=O) groups is 1. The summed E-state index contributed by atoms with van der Waals surface area (Å²) in [6.45, 7) is 6.23. The molecule has 0 saturated heterocycles. The van der Waals surface area contributed by atoms with Crippen molar-refractivity contribution in [3.63, 3.8) is 0 Å². The lowest BCUT2D eigenvalue weighted by Crippen LogP contribution is -2.10. The van der Waals surface area contributed by atoms with E-state index in [1.165, 1.54) is 37.0 Å². The molecule has 0 aliphatic rings. The smallest absolute Gasteiger partial charge is 0.226 e. The number of nitrogens with zero attached hydrogens (tertiary/aromatic N) is 1. The van der Waals surface area contributed by atoms with Crippen molar-refractivity contribution in [2.45, 2.75) is 72.1 Å². The zero-order valence-electron chi connectivity index (χ0n) is 12.4. The Bertz CT molecular complexity index is 368. The molecule has 1 amide bonds. The van der Waals surface area contributed by atoms with Crippen LogP contribution in [0.5, 0.6) is 0 Å². The predicted molar refractivity (Wildman–Crippen MR) is 82.8 cm³/mol. The number of carbonyl (C=O) groups excluding carboxylic acids is 1. The number of aromatic nitrogens is 1. The highest BCUT2D eigenvalue weighted by atomic mass is 32.1. The second kappa shape index (κ2) is 9.08. The van der Waals surface area contributed by atoms with Gasteiger partial charge in [0.1, 0.15) is 0 Å². The van der Waals surface area contributed by atoms with Crippen LogP contribution in [0.4, 0.5) is 5.13 Å². The van der Waals surface area contributed by atoms with Gasteiger partial charge in [0.05, 0.1) is 5.69 Å². The molecular formula is C15H26N2OS. The van der Waals surface area contributed by atoms with Crippen LogP contribution in [-0.4, -0.2) is 10.9 Å². The van der Waals surface area contributed by atoms with Crippen LogP contribution < -0.4 is 5.32 Å². The number of amides is 1. The van der Waals surface area contributed by atoms with Gasteiger partial charge in [0.15, 0.2) is 5.13 Å². The van der Waals surface area contributed by atoms with Gasteiger partial charge in [-0.15, -0.1) is 11.3 Å². The van der Waals surface area contributed by atoms with Gasteiger partial charge in [0.25, 0.3) is 0 Å². The molecule has 0 aliphatic carbocycles. The summed E-state index contributed by atoms with van der Waals surface area (Å²) in [6.07, 6.45) is 9.28. The maximum Gasteiger partial charge on any atom is 0.226 e. The normalized spacial score (nSPS) is 10.7. The van der Waals surface area contributed by atoms with Crippen molar-refractivity contribution >= 4 is 22.4 Å². The molecule has 108 valence electrons. The summed E-state index contributed by atoms with van der Waals surface area (Å²) in [5.74, 6) is 0.0994. The van der Waals surface area contributed by atoms with Gasteiger partial charge in [-0.3, -0.25) is 4.79 Å². The van der Waals surface area contributed by atoms with E-state index in [9.17, 15) is 4.79 Å². The van der Waals surface area contributed by atoms with Gasteiger partial charge in [-0.25, -0.2) is 4.98 Å². The van der Waals surface area contributed by atoms with Crippen molar-refractivity contribution in [3.05, 3.63) is 10.6 Å².